The molecule has 72 valence electrons. The lowest BCUT2D eigenvalue weighted by molar-refractivity contribution is 0.551. The smallest absolute Gasteiger partial charge is 0.194 e. The van der Waals surface area contributed by atoms with Crippen molar-refractivity contribution >= 4 is 21.8 Å². The minimum atomic E-state index is -4.51. The maximum Gasteiger partial charge on any atom is 0.306 e. The van der Waals surface area contributed by atoms with Gasteiger partial charge in [-0.3, -0.25) is 0 Å². The van der Waals surface area contributed by atoms with Crippen molar-refractivity contribution < 1.29 is 12.3 Å². The second kappa shape index (κ2) is 3.64. The SMILES string of the molecule is Cc1cccc(Cl)c1CS(=O)(=O)F. The quantitative estimate of drug-likeness (QED) is 0.721. The lowest BCUT2D eigenvalue weighted by atomic mass is 10.1. The molecule has 1 aromatic carbocycles. The third-order valence-electron chi connectivity index (χ3n) is 1.67. The summed E-state index contributed by atoms with van der Waals surface area (Å²) in [4.78, 5) is 0. The number of rotatable bonds is 2. The van der Waals surface area contributed by atoms with Crippen LogP contribution in [0.1, 0.15) is 11.1 Å². The first kappa shape index (κ1) is 10.5. The molecule has 2 nitrogen and oxygen atoms in total. The molecule has 1 rings (SSSR count). The van der Waals surface area contributed by atoms with Gasteiger partial charge in [-0.1, -0.05) is 23.7 Å². The third kappa shape index (κ3) is 2.97. The molecule has 0 aliphatic carbocycles. The van der Waals surface area contributed by atoms with Crippen LogP contribution in [0.5, 0.6) is 0 Å². The monoisotopic (exact) mass is 222 g/mol. The van der Waals surface area contributed by atoms with Gasteiger partial charge in [-0.25, -0.2) is 0 Å². The molecule has 0 unspecified atom stereocenters. The second-order valence-electron chi connectivity index (χ2n) is 2.72. The molecule has 0 aromatic heterocycles. The van der Waals surface area contributed by atoms with Gasteiger partial charge < -0.3 is 0 Å². The van der Waals surface area contributed by atoms with Gasteiger partial charge in [-0.2, -0.15) is 8.42 Å². The molecule has 0 radical (unpaired) electrons. The summed E-state index contributed by atoms with van der Waals surface area (Å²) in [5.41, 5.74) is 1.00. The van der Waals surface area contributed by atoms with Crippen molar-refractivity contribution in [2.24, 2.45) is 0 Å². The minimum Gasteiger partial charge on any atom is -0.194 e. The Balaban J connectivity index is 3.15. The van der Waals surface area contributed by atoms with Gasteiger partial charge in [0.1, 0.15) is 5.75 Å². The topological polar surface area (TPSA) is 34.1 Å². The highest BCUT2D eigenvalue weighted by Crippen LogP contribution is 2.22. The summed E-state index contributed by atoms with van der Waals surface area (Å²) in [7, 11) is -4.51. The third-order valence-corrected chi connectivity index (χ3v) is 2.66. The van der Waals surface area contributed by atoms with Crippen LogP contribution in [0.25, 0.3) is 0 Å². The number of benzene rings is 1. The molecule has 0 amide bonds. The Labute approximate surface area is 81.6 Å². The Kier molecular flexibility index (Phi) is 2.93. The first-order chi connectivity index (χ1) is 5.90. The Hall–Kier alpha value is -0.610. The zero-order valence-electron chi connectivity index (χ0n) is 6.92. The molecule has 1 aromatic rings. The maximum atomic E-state index is 12.3. The zero-order valence-corrected chi connectivity index (χ0v) is 8.49. The normalized spacial score (nSPS) is 11.6. The number of hydrogen-bond acceptors (Lipinski definition) is 2. The number of hydrogen-bond donors (Lipinski definition) is 0. The molecule has 0 bridgehead atoms. The Morgan fingerprint density at radius 3 is 2.54 bits per heavy atom. The van der Waals surface area contributed by atoms with E-state index in [9.17, 15) is 12.3 Å². The summed E-state index contributed by atoms with van der Waals surface area (Å²) in [5, 5.41) is 0.279. The standard InChI is InChI=1S/C8H8ClFO2S/c1-6-3-2-4-8(9)7(6)5-13(10,11)12/h2-4H,5H2,1H3. The van der Waals surface area contributed by atoms with E-state index in [1.165, 1.54) is 6.07 Å². The van der Waals surface area contributed by atoms with Crippen LogP contribution in [-0.2, 0) is 16.0 Å². The van der Waals surface area contributed by atoms with Crippen LogP contribution >= 0.6 is 11.6 Å². The summed E-state index contributed by atoms with van der Waals surface area (Å²) in [5.74, 6) is -0.654. The first-order valence-corrected chi connectivity index (χ1v) is 5.49. The Bertz CT molecular complexity index is 394. The van der Waals surface area contributed by atoms with Crippen LogP contribution in [0.4, 0.5) is 3.89 Å². The van der Waals surface area contributed by atoms with E-state index in [2.05, 4.69) is 0 Å². The van der Waals surface area contributed by atoms with Crippen molar-refractivity contribution in [2.75, 3.05) is 0 Å². The van der Waals surface area contributed by atoms with Crippen molar-refractivity contribution in [3.8, 4) is 0 Å². The summed E-state index contributed by atoms with van der Waals surface area (Å²) in [6, 6.07) is 4.91. The number of halogens is 2. The van der Waals surface area contributed by atoms with Gasteiger partial charge in [-0.05, 0) is 24.1 Å². The van der Waals surface area contributed by atoms with Gasteiger partial charge in [0, 0.05) is 5.02 Å². The van der Waals surface area contributed by atoms with Crippen molar-refractivity contribution in [1.29, 1.82) is 0 Å². The summed E-state index contributed by atoms with van der Waals surface area (Å²) >= 11 is 5.70. The molecule has 0 saturated heterocycles. The van der Waals surface area contributed by atoms with Crippen molar-refractivity contribution in [2.45, 2.75) is 12.7 Å². The molecule has 0 aliphatic rings. The first-order valence-electron chi connectivity index (χ1n) is 3.56. The molecule has 0 aliphatic heterocycles. The lowest BCUT2D eigenvalue weighted by Crippen LogP contribution is -1.99. The van der Waals surface area contributed by atoms with Crippen molar-refractivity contribution in [1.82, 2.24) is 0 Å². The molecule has 0 atom stereocenters. The number of aryl methyl sites for hydroxylation is 1. The molecule has 13 heavy (non-hydrogen) atoms. The van der Waals surface area contributed by atoms with E-state index >= 15 is 0 Å². The van der Waals surface area contributed by atoms with Crippen LogP contribution in [0.3, 0.4) is 0 Å². The van der Waals surface area contributed by atoms with Crippen molar-refractivity contribution in [3.63, 3.8) is 0 Å². The molecule has 0 N–H and O–H groups in total. The molecule has 0 fully saturated rings. The fourth-order valence-electron chi connectivity index (χ4n) is 1.02. The van der Waals surface area contributed by atoms with E-state index in [1.54, 1.807) is 19.1 Å². The second-order valence-corrected chi connectivity index (χ2v) is 4.49. The van der Waals surface area contributed by atoms with Crippen LogP contribution in [0.15, 0.2) is 18.2 Å². The molecule has 0 saturated carbocycles. The Morgan fingerprint density at radius 1 is 1.46 bits per heavy atom. The highest BCUT2D eigenvalue weighted by Gasteiger charge is 2.13. The van der Waals surface area contributed by atoms with E-state index < -0.39 is 16.0 Å². The Morgan fingerprint density at radius 2 is 2.08 bits per heavy atom. The maximum absolute atomic E-state index is 12.3. The average molecular weight is 223 g/mol. The van der Waals surface area contributed by atoms with Crippen LogP contribution in [-0.4, -0.2) is 8.42 Å². The van der Waals surface area contributed by atoms with Gasteiger partial charge in [0.25, 0.3) is 0 Å². The largest absolute Gasteiger partial charge is 0.306 e. The fraction of sp³-hybridized carbons (Fsp3) is 0.250. The van der Waals surface area contributed by atoms with E-state index in [4.69, 9.17) is 11.6 Å². The van der Waals surface area contributed by atoms with Gasteiger partial charge >= 0.3 is 10.2 Å². The van der Waals surface area contributed by atoms with E-state index in [-0.39, 0.29) is 5.02 Å². The van der Waals surface area contributed by atoms with Gasteiger partial charge in [0.05, 0.1) is 0 Å². The predicted molar refractivity (Wildman–Crippen MR) is 49.9 cm³/mol. The predicted octanol–water partition coefficient (Wildman–Crippen LogP) is 2.45. The zero-order chi connectivity index (χ0) is 10.1. The minimum absolute atomic E-state index is 0.279. The highest BCUT2D eigenvalue weighted by molar-refractivity contribution is 7.85. The highest BCUT2D eigenvalue weighted by atomic mass is 35.5. The van der Waals surface area contributed by atoms with E-state index in [1.807, 2.05) is 0 Å². The molecular formula is C8H8ClFO2S. The lowest BCUT2D eigenvalue weighted by Gasteiger charge is -2.04. The molecule has 0 heterocycles. The van der Waals surface area contributed by atoms with Crippen molar-refractivity contribution in [3.05, 3.63) is 34.3 Å². The summed E-state index contributed by atoms with van der Waals surface area (Å²) in [6.07, 6.45) is 0. The fourth-order valence-corrected chi connectivity index (χ4v) is 2.12. The molecule has 0 spiro atoms. The summed E-state index contributed by atoms with van der Waals surface area (Å²) < 4.78 is 33.1. The van der Waals surface area contributed by atoms with Crippen LogP contribution in [0, 0.1) is 6.92 Å². The summed E-state index contributed by atoms with van der Waals surface area (Å²) in [6.45, 7) is 1.69. The average Bonchev–Trinajstić information content (AvgIpc) is 1.95. The van der Waals surface area contributed by atoms with Crippen LogP contribution in [0.2, 0.25) is 5.02 Å². The van der Waals surface area contributed by atoms with E-state index in [0.29, 0.717) is 11.1 Å². The van der Waals surface area contributed by atoms with Gasteiger partial charge in [-0.15, -0.1) is 3.89 Å². The molecular weight excluding hydrogens is 215 g/mol. The van der Waals surface area contributed by atoms with Gasteiger partial charge in [0.2, 0.25) is 0 Å². The van der Waals surface area contributed by atoms with Gasteiger partial charge in [0.15, 0.2) is 0 Å². The van der Waals surface area contributed by atoms with E-state index in [0.717, 1.165) is 0 Å². The van der Waals surface area contributed by atoms with Crippen LogP contribution < -0.4 is 0 Å². The molecule has 5 heteroatoms.